The van der Waals surface area contributed by atoms with Crippen LogP contribution in [0.15, 0.2) is 42.5 Å². The van der Waals surface area contributed by atoms with Crippen LogP contribution in [0, 0.1) is 6.92 Å². The van der Waals surface area contributed by atoms with E-state index in [0.29, 0.717) is 23.0 Å². The number of rotatable bonds is 12. The van der Waals surface area contributed by atoms with Crippen LogP contribution in [0.3, 0.4) is 0 Å². The highest BCUT2D eigenvalue weighted by atomic mass is 32.1. The first-order valence-corrected chi connectivity index (χ1v) is 12.5. The highest BCUT2D eigenvalue weighted by Crippen LogP contribution is 2.39. The molecule has 194 valence electrons. The molecule has 0 bridgehead atoms. The van der Waals surface area contributed by atoms with Crippen molar-refractivity contribution in [2.24, 2.45) is 0 Å². The zero-order chi connectivity index (χ0) is 26.1. The van der Waals surface area contributed by atoms with E-state index in [0.717, 1.165) is 29.3 Å². The zero-order valence-corrected chi connectivity index (χ0v) is 21.2. The van der Waals surface area contributed by atoms with Crippen molar-refractivity contribution in [3.8, 4) is 22.8 Å². The third-order valence-electron chi connectivity index (χ3n) is 5.13. The molecule has 0 radical (unpaired) electrons. The third kappa shape index (κ3) is 7.61. The lowest BCUT2D eigenvalue weighted by molar-refractivity contribution is -0.145. The van der Waals surface area contributed by atoms with Gasteiger partial charge in [-0.05, 0) is 62.7 Å². The first-order chi connectivity index (χ1) is 17.2. The summed E-state index contributed by atoms with van der Waals surface area (Å²) in [4.78, 5) is 16.9. The van der Waals surface area contributed by atoms with Gasteiger partial charge < -0.3 is 19.5 Å². The SMILES string of the molecule is CCCCCOc1ccc(Nc2nc(-c3ccc(OCC(=O)OCC)cc3)c(C)s2)cc1C(F)(F)F. The van der Waals surface area contributed by atoms with Crippen LogP contribution in [0.4, 0.5) is 24.0 Å². The predicted octanol–water partition coefficient (Wildman–Crippen LogP) is 7.39. The number of ether oxygens (including phenoxy) is 3. The van der Waals surface area contributed by atoms with Crippen LogP contribution >= 0.6 is 11.3 Å². The minimum absolute atomic E-state index is 0.176. The minimum atomic E-state index is -4.54. The fourth-order valence-corrected chi connectivity index (χ4v) is 4.24. The largest absolute Gasteiger partial charge is 0.493 e. The molecule has 10 heteroatoms. The number of anilines is 2. The maximum absolute atomic E-state index is 13.6. The Morgan fingerprint density at radius 1 is 1.06 bits per heavy atom. The van der Waals surface area contributed by atoms with Crippen LogP contribution in [0.25, 0.3) is 11.3 Å². The summed E-state index contributed by atoms with van der Waals surface area (Å²) in [6, 6.07) is 11.0. The van der Waals surface area contributed by atoms with Gasteiger partial charge in [-0.3, -0.25) is 0 Å². The number of aryl methyl sites for hydroxylation is 1. The lowest BCUT2D eigenvalue weighted by Gasteiger charge is -2.15. The molecule has 6 nitrogen and oxygen atoms in total. The monoisotopic (exact) mass is 522 g/mol. The molecule has 0 unspecified atom stereocenters. The summed E-state index contributed by atoms with van der Waals surface area (Å²) >= 11 is 1.34. The average molecular weight is 523 g/mol. The summed E-state index contributed by atoms with van der Waals surface area (Å²) in [6.07, 6.45) is -1.98. The Hall–Kier alpha value is -3.27. The summed E-state index contributed by atoms with van der Waals surface area (Å²) in [6.45, 7) is 5.98. The first kappa shape index (κ1) is 27.3. The summed E-state index contributed by atoms with van der Waals surface area (Å²) in [5.41, 5.74) is 0.959. The Kier molecular flexibility index (Phi) is 9.58. The number of nitrogens with one attached hydrogen (secondary N) is 1. The normalized spacial score (nSPS) is 11.3. The number of carbonyl (C=O) groups excluding carboxylic acids is 1. The summed E-state index contributed by atoms with van der Waals surface area (Å²) in [7, 11) is 0. The first-order valence-electron chi connectivity index (χ1n) is 11.7. The molecule has 0 aliphatic heterocycles. The minimum Gasteiger partial charge on any atom is -0.493 e. The highest BCUT2D eigenvalue weighted by molar-refractivity contribution is 7.16. The summed E-state index contributed by atoms with van der Waals surface area (Å²) in [5.74, 6) is -0.113. The van der Waals surface area contributed by atoms with Crippen LogP contribution in [-0.4, -0.2) is 30.8 Å². The molecule has 3 aromatic rings. The van der Waals surface area contributed by atoms with Crippen molar-refractivity contribution in [3.63, 3.8) is 0 Å². The Morgan fingerprint density at radius 3 is 2.47 bits per heavy atom. The van der Waals surface area contributed by atoms with E-state index in [9.17, 15) is 18.0 Å². The quantitative estimate of drug-likeness (QED) is 0.198. The van der Waals surface area contributed by atoms with E-state index >= 15 is 0 Å². The van der Waals surface area contributed by atoms with Crippen molar-refractivity contribution in [1.82, 2.24) is 4.98 Å². The number of nitrogens with zero attached hydrogens (tertiary/aromatic N) is 1. The van der Waals surface area contributed by atoms with Crippen molar-refractivity contribution >= 4 is 28.1 Å². The Balaban J connectivity index is 1.71. The standard InChI is InChI=1S/C26H29F3N2O4S/c1-4-6-7-14-34-22-13-10-19(15-21(22)26(27,28)29)30-25-31-24(17(3)36-25)18-8-11-20(12-9-18)35-16-23(32)33-5-2/h8-13,15H,4-7,14,16H2,1-3H3,(H,30,31). The summed E-state index contributed by atoms with van der Waals surface area (Å²) in [5, 5.41) is 3.45. The van der Waals surface area contributed by atoms with Gasteiger partial charge in [0.2, 0.25) is 0 Å². The Labute approximate surface area is 212 Å². The smallest absolute Gasteiger partial charge is 0.420 e. The van der Waals surface area contributed by atoms with E-state index in [1.807, 2.05) is 13.8 Å². The lowest BCUT2D eigenvalue weighted by Crippen LogP contribution is -2.14. The maximum atomic E-state index is 13.6. The van der Waals surface area contributed by atoms with Gasteiger partial charge in [-0.15, -0.1) is 11.3 Å². The second kappa shape index (κ2) is 12.6. The molecule has 36 heavy (non-hydrogen) atoms. The van der Waals surface area contributed by atoms with Crippen molar-refractivity contribution in [1.29, 1.82) is 0 Å². The van der Waals surface area contributed by atoms with Gasteiger partial charge in [-0.1, -0.05) is 19.8 Å². The molecular weight excluding hydrogens is 493 g/mol. The molecule has 0 atom stereocenters. The number of thiazole rings is 1. The van der Waals surface area contributed by atoms with E-state index in [1.165, 1.54) is 17.4 Å². The molecule has 0 aliphatic rings. The van der Waals surface area contributed by atoms with Gasteiger partial charge in [0.05, 0.1) is 24.5 Å². The number of alkyl halides is 3. The molecule has 2 aromatic carbocycles. The molecular formula is C26H29F3N2O4S. The van der Waals surface area contributed by atoms with Crippen molar-refractivity contribution in [2.45, 2.75) is 46.2 Å². The zero-order valence-electron chi connectivity index (χ0n) is 20.4. The second-order valence-corrected chi connectivity index (χ2v) is 9.13. The highest BCUT2D eigenvalue weighted by Gasteiger charge is 2.34. The molecule has 0 amide bonds. The van der Waals surface area contributed by atoms with Crippen molar-refractivity contribution in [3.05, 3.63) is 52.9 Å². The maximum Gasteiger partial charge on any atom is 0.420 e. The van der Waals surface area contributed by atoms with E-state index in [4.69, 9.17) is 14.2 Å². The van der Waals surface area contributed by atoms with Gasteiger partial charge in [0, 0.05) is 16.1 Å². The lowest BCUT2D eigenvalue weighted by atomic mass is 10.1. The summed E-state index contributed by atoms with van der Waals surface area (Å²) < 4.78 is 56.6. The van der Waals surface area contributed by atoms with E-state index < -0.39 is 17.7 Å². The molecule has 0 saturated heterocycles. The fourth-order valence-electron chi connectivity index (χ4n) is 3.38. The van der Waals surface area contributed by atoms with Crippen LogP contribution in [0.5, 0.6) is 11.5 Å². The van der Waals surface area contributed by atoms with Gasteiger partial charge in [-0.2, -0.15) is 13.2 Å². The number of hydrogen-bond acceptors (Lipinski definition) is 7. The number of aromatic nitrogens is 1. The Morgan fingerprint density at radius 2 is 1.81 bits per heavy atom. The third-order valence-corrected chi connectivity index (χ3v) is 6.01. The molecule has 0 aliphatic carbocycles. The van der Waals surface area contributed by atoms with Gasteiger partial charge in [-0.25, -0.2) is 9.78 Å². The number of esters is 1. The topological polar surface area (TPSA) is 69.7 Å². The van der Waals surface area contributed by atoms with E-state index in [2.05, 4.69) is 10.3 Å². The van der Waals surface area contributed by atoms with E-state index in [1.54, 1.807) is 37.3 Å². The molecule has 0 saturated carbocycles. The molecule has 1 aromatic heterocycles. The van der Waals surface area contributed by atoms with Gasteiger partial charge in [0.25, 0.3) is 0 Å². The molecule has 1 heterocycles. The number of carbonyl (C=O) groups is 1. The van der Waals surface area contributed by atoms with Crippen molar-refractivity contribution in [2.75, 3.05) is 25.1 Å². The number of hydrogen-bond donors (Lipinski definition) is 1. The Bertz CT molecular complexity index is 1150. The molecule has 3 rings (SSSR count). The molecule has 1 N–H and O–H groups in total. The van der Waals surface area contributed by atoms with Gasteiger partial charge >= 0.3 is 12.1 Å². The number of unbranched alkanes of at least 4 members (excludes halogenated alkanes) is 2. The number of halogens is 3. The van der Waals surface area contributed by atoms with Crippen molar-refractivity contribution < 1.29 is 32.2 Å². The van der Waals surface area contributed by atoms with Crippen LogP contribution in [0.1, 0.15) is 43.6 Å². The van der Waals surface area contributed by atoms with Crippen LogP contribution < -0.4 is 14.8 Å². The van der Waals surface area contributed by atoms with Gasteiger partial charge in [0.15, 0.2) is 11.7 Å². The van der Waals surface area contributed by atoms with Crippen LogP contribution in [-0.2, 0) is 15.7 Å². The van der Waals surface area contributed by atoms with Gasteiger partial charge in [0.1, 0.15) is 11.5 Å². The average Bonchev–Trinajstić information content (AvgIpc) is 3.21. The molecule has 0 fully saturated rings. The second-order valence-electron chi connectivity index (χ2n) is 7.93. The number of benzene rings is 2. The van der Waals surface area contributed by atoms with Crippen LogP contribution in [0.2, 0.25) is 0 Å². The molecule has 0 spiro atoms. The fraction of sp³-hybridized carbons (Fsp3) is 0.385. The van der Waals surface area contributed by atoms with E-state index in [-0.39, 0.29) is 31.3 Å². The predicted molar refractivity (Wildman–Crippen MR) is 134 cm³/mol.